The zero-order chi connectivity index (χ0) is 72.7. The van der Waals surface area contributed by atoms with E-state index in [2.05, 4.69) is 25.0 Å². The van der Waals surface area contributed by atoms with E-state index < -0.39 is 173 Å². The Morgan fingerprint density at radius 3 is 1.53 bits per heavy atom. The number of carbonyl (C=O) groups is 7. The summed E-state index contributed by atoms with van der Waals surface area (Å²) in [5.41, 5.74) is 3.46. The van der Waals surface area contributed by atoms with Crippen molar-refractivity contribution in [2.24, 2.45) is 5.92 Å². The molecule has 5 aromatic carbocycles. The lowest BCUT2D eigenvalue weighted by Crippen LogP contribution is -2.76. The minimum atomic E-state index is -3.11. The summed E-state index contributed by atoms with van der Waals surface area (Å²) in [6, 6.07) is 44.6. The van der Waals surface area contributed by atoms with Crippen LogP contribution in [0, 0.1) is 5.92 Å². The number of benzene rings is 5. The van der Waals surface area contributed by atoms with Gasteiger partial charge in [-0.25, -0.2) is 4.79 Å². The van der Waals surface area contributed by atoms with Crippen LogP contribution in [0.1, 0.15) is 68.9 Å². The molecule has 3 aliphatic rings. The lowest BCUT2D eigenvalue weighted by molar-refractivity contribution is -0.435. The third-order valence-corrected chi connectivity index (χ3v) is 18.6. The molecule has 3 heterocycles. The van der Waals surface area contributed by atoms with Crippen molar-refractivity contribution in [3.05, 3.63) is 179 Å². The monoisotopic (exact) mass is 1420 g/mol. The summed E-state index contributed by atoms with van der Waals surface area (Å²) in [5.74, 6) is -15.0. The van der Waals surface area contributed by atoms with Gasteiger partial charge in [-0.15, -0.1) is 0 Å². The zero-order valence-corrected chi connectivity index (χ0v) is 59.3. The first-order valence-corrected chi connectivity index (χ1v) is 37.1. The van der Waals surface area contributed by atoms with E-state index in [4.69, 9.17) is 75.8 Å². The number of aliphatic hydroxyl groups excluding tert-OH is 1. The van der Waals surface area contributed by atoms with Gasteiger partial charge >= 0.3 is 35.8 Å². The molecular weight excluding hydrogens is 1330 g/mol. The number of ether oxygens (including phenoxy) is 16. The lowest BCUT2D eigenvalue weighted by atomic mass is 9.75. The molecule has 5 aromatic rings. The van der Waals surface area contributed by atoms with Gasteiger partial charge in [0.2, 0.25) is 5.79 Å². The van der Waals surface area contributed by atoms with Crippen molar-refractivity contribution >= 4 is 49.8 Å². The normalized spacial score (nSPS) is 26.4. The summed E-state index contributed by atoms with van der Waals surface area (Å²) in [6.45, 7) is 8.67. The van der Waals surface area contributed by atoms with Crippen LogP contribution in [0.3, 0.4) is 0 Å². The Labute approximate surface area is 588 Å². The summed E-state index contributed by atoms with van der Waals surface area (Å²) >= 11 is 0. The molecule has 1 unspecified atom stereocenters. The predicted octanol–water partition coefficient (Wildman–Crippen LogP) is 6.77. The number of hydrogen-bond donors (Lipinski definition) is 3. The smallest absolute Gasteiger partial charge is 0.366 e. The van der Waals surface area contributed by atoms with E-state index in [0.717, 1.165) is 52.9 Å². The first-order valence-electron chi connectivity index (χ1n) is 33.4. The number of esters is 6. The highest BCUT2D eigenvalue weighted by atomic mass is 28.3. The molecule has 3 saturated heterocycles. The maximum Gasteiger partial charge on any atom is 0.366 e. The van der Waals surface area contributed by atoms with E-state index in [1.807, 2.05) is 109 Å². The quantitative estimate of drug-likeness (QED) is 0.0214. The molecule has 1 amide bonds. The first kappa shape index (κ1) is 78.8. The second-order valence-corrected chi connectivity index (χ2v) is 31.7. The van der Waals surface area contributed by atoms with Crippen molar-refractivity contribution in [2.45, 2.75) is 191 Å². The number of aliphatic hydroxyl groups is 2. The fourth-order valence-corrected chi connectivity index (χ4v) is 12.9. The van der Waals surface area contributed by atoms with Crippen LogP contribution in [-0.2, 0) is 142 Å². The molecule has 0 spiro atoms. The average molecular weight is 1420 g/mol. The van der Waals surface area contributed by atoms with Crippen LogP contribution in [0.2, 0.25) is 25.7 Å². The van der Waals surface area contributed by atoms with E-state index in [-0.39, 0.29) is 46.2 Å². The minimum absolute atomic E-state index is 0.0358. The predicted molar refractivity (Wildman–Crippen MR) is 360 cm³/mol. The van der Waals surface area contributed by atoms with Crippen molar-refractivity contribution < 1.29 is 120 Å². The third-order valence-electron chi connectivity index (χ3n) is 16.8. The van der Waals surface area contributed by atoms with Gasteiger partial charge in [0.1, 0.15) is 49.3 Å². The minimum Gasteiger partial charge on any atom is -0.465 e. The van der Waals surface area contributed by atoms with Crippen molar-refractivity contribution in [2.75, 3.05) is 40.1 Å². The Hall–Kier alpha value is -7.87. The Bertz CT molecular complexity index is 3430. The maximum atomic E-state index is 15.5. The van der Waals surface area contributed by atoms with Gasteiger partial charge in [-0.1, -0.05) is 171 Å². The number of rotatable bonds is 35. The number of carbonyl (C=O) groups excluding carboxylic acids is 7. The van der Waals surface area contributed by atoms with Gasteiger partial charge in [-0.3, -0.25) is 28.8 Å². The molecule has 27 heteroatoms. The van der Waals surface area contributed by atoms with E-state index >= 15 is 4.79 Å². The fourth-order valence-electron chi connectivity index (χ4n) is 12.2. The van der Waals surface area contributed by atoms with Crippen molar-refractivity contribution in [3.8, 4) is 0 Å². The van der Waals surface area contributed by atoms with Crippen molar-refractivity contribution in [3.63, 3.8) is 0 Å². The zero-order valence-electron chi connectivity index (χ0n) is 58.3. The van der Waals surface area contributed by atoms with Gasteiger partial charge in [-0.2, -0.15) is 0 Å². The first-order chi connectivity index (χ1) is 48.3. The molecule has 26 nitrogen and oxygen atoms in total. The molecule has 548 valence electrons. The molecular formula is C74H93NO25Si. The SMILES string of the molecule is COC(=O)[C@@]1(O[C@H]2[C@@H](O)[C@@H](COCc3ccccc3)OC(O)([C@H]3[C@H](OCc4ccccc4)[C@@H](OCc4ccccc4)[C@H](OCC[Si](C)(C)C)O[C@@H]3COCc3ccccc3)[C@@H]2OCc2ccccc2)C[C@H](OC(C)=O)[C@@H](NC(=O)COC(C)=O)[C@H]([C@H](OC(C)=O)[C@@H](COC(C)=O)OC(C)=O)O1. The Morgan fingerprint density at radius 2 is 1.06 bits per heavy atom. The van der Waals surface area contributed by atoms with Gasteiger partial charge < -0.3 is 91.3 Å². The number of amides is 1. The highest BCUT2D eigenvalue weighted by Gasteiger charge is 2.69. The molecule has 3 fully saturated rings. The van der Waals surface area contributed by atoms with E-state index in [0.29, 0.717) is 22.7 Å². The maximum absolute atomic E-state index is 15.5. The van der Waals surface area contributed by atoms with Crippen molar-refractivity contribution in [1.29, 1.82) is 0 Å². The number of nitrogens with one attached hydrogen (secondary N) is 1. The van der Waals surface area contributed by atoms with Crippen LogP contribution in [0.4, 0.5) is 0 Å². The molecule has 8 rings (SSSR count). The van der Waals surface area contributed by atoms with Gasteiger partial charge in [-0.05, 0) is 33.9 Å². The van der Waals surface area contributed by atoms with Gasteiger partial charge in [0.15, 0.2) is 25.1 Å². The molecule has 3 N–H and O–H groups in total. The van der Waals surface area contributed by atoms with Crippen LogP contribution >= 0.6 is 0 Å². The molecule has 3 aliphatic heterocycles. The summed E-state index contributed by atoms with van der Waals surface area (Å²) in [6.07, 6.45) is -22.2. The summed E-state index contributed by atoms with van der Waals surface area (Å²) in [7, 11) is -0.855. The van der Waals surface area contributed by atoms with E-state index in [9.17, 15) is 39.0 Å². The fraction of sp³-hybridized carbons (Fsp3) is 0.500. The molecule has 16 atom stereocenters. The highest BCUT2D eigenvalue weighted by molar-refractivity contribution is 6.76. The summed E-state index contributed by atoms with van der Waals surface area (Å²) in [5, 5.41) is 31.1. The molecule has 0 aromatic heterocycles. The molecule has 0 radical (unpaired) electrons. The topological polar surface area (TPSA) is 320 Å². The van der Waals surface area contributed by atoms with Crippen LogP contribution in [-0.4, -0.2) is 191 Å². The second-order valence-electron chi connectivity index (χ2n) is 26.0. The van der Waals surface area contributed by atoms with Crippen molar-refractivity contribution in [1.82, 2.24) is 5.32 Å². The van der Waals surface area contributed by atoms with Gasteiger partial charge in [0, 0.05) is 49.3 Å². The van der Waals surface area contributed by atoms with Crippen LogP contribution < -0.4 is 5.32 Å². The van der Waals surface area contributed by atoms with Crippen LogP contribution in [0.5, 0.6) is 0 Å². The molecule has 0 bridgehead atoms. The standard InChI is InChI=1S/C74H93NO25Si/c1-47(76)89-45-60(95-50(4)79)65(96-51(5)80)67-63(75-61(81)46-90-48(2)77)57(94-49(3)78)37-73(99-67,72(83)85-6)100-68-64(82)59(44-87-39-53-27-17-11-18-28-53)98-74(84,70(68)93-42-56-33-23-14-24-34-56)62-58(43-86-38-52-25-15-10-16-26-52)97-71(88-35-36-101(7,8)9)69(92-41-55-31-21-13-22-32-55)66(62)91-40-54-29-19-12-20-30-54/h10-34,57-60,62-71,82,84H,35-46H2,1-9H3,(H,75,81)/t57-,58+,59+,60+,62+,63+,64-,65+,66-,67+,68-,69+,70+,71+,73-,74?/m0/s1. The largest absolute Gasteiger partial charge is 0.465 e. The highest BCUT2D eigenvalue weighted by Crippen LogP contribution is 2.49. The van der Waals surface area contributed by atoms with E-state index in [1.165, 1.54) is 0 Å². The van der Waals surface area contributed by atoms with Gasteiger partial charge in [0.05, 0.1) is 83.9 Å². The number of methoxy groups -OCH3 is 1. The Balaban J connectivity index is 1.39. The Morgan fingerprint density at radius 1 is 0.574 bits per heavy atom. The number of hydrogen-bond acceptors (Lipinski definition) is 25. The summed E-state index contributed by atoms with van der Waals surface area (Å²) < 4.78 is 103. The summed E-state index contributed by atoms with van der Waals surface area (Å²) in [4.78, 5) is 94.5. The van der Waals surface area contributed by atoms with Crippen LogP contribution in [0.25, 0.3) is 0 Å². The lowest BCUT2D eigenvalue weighted by Gasteiger charge is -2.58. The molecule has 0 aliphatic carbocycles. The molecule has 0 saturated carbocycles. The Kier molecular flexibility index (Phi) is 29.6. The molecule has 101 heavy (non-hydrogen) atoms. The third kappa shape index (κ3) is 23.1. The van der Waals surface area contributed by atoms with Crippen LogP contribution in [0.15, 0.2) is 152 Å². The average Bonchev–Trinajstić information content (AvgIpc) is 0.724. The van der Waals surface area contributed by atoms with E-state index in [1.54, 1.807) is 42.5 Å². The van der Waals surface area contributed by atoms with Gasteiger partial charge in [0.25, 0.3) is 11.7 Å². The second kappa shape index (κ2) is 37.9.